The zero-order valence-corrected chi connectivity index (χ0v) is 19.1. The van der Waals surface area contributed by atoms with E-state index in [1.54, 1.807) is 19.9 Å². The maximum atomic E-state index is 12.5. The number of aryl methyl sites for hydroxylation is 2. The lowest BCUT2D eigenvalue weighted by atomic mass is 10.1. The first-order chi connectivity index (χ1) is 14.2. The van der Waals surface area contributed by atoms with Crippen LogP contribution >= 0.6 is 22.7 Å². The van der Waals surface area contributed by atoms with Gasteiger partial charge < -0.3 is 20.1 Å². The summed E-state index contributed by atoms with van der Waals surface area (Å²) in [6.07, 6.45) is 0.699. The van der Waals surface area contributed by atoms with Crippen LogP contribution in [-0.4, -0.2) is 37.0 Å². The van der Waals surface area contributed by atoms with Gasteiger partial charge in [0.2, 0.25) is 5.91 Å². The predicted octanol–water partition coefficient (Wildman–Crippen LogP) is 3.92. The molecule has 8 nitrogen and oxygen atoms in total. The number of carbonyl (C=O) groups is 4. The Balaban J connectivity index is 2.09. The van der Waals surface area contributed by atoms with Crippen LogP contribution in [0.5, 0.6) is 0 Å². The van der Waals surface area contributed by atoms with Crippen LogP contribution < -0.4 is 10.6 Å². The van der Waals surface area contributed by atoms with Crippen molar-refractivity contribution in [2.24, 2.45) is 0 Å². The van der Waals surface area contributed by atoms with Gasteiger partial charge in [0.25, 0.3) is 5.91 Å². The van der Waals surface area contributed by atoms with Crippen LogP contribution in [0.3, 0.4) is 0 Å². The number of nitrogens with one attached hydrogen (secondary N) is 2. The molecule has 0 spiro atoms. The fourth-order valence-corrected chi connectivity index (χ4v) is 4.65. The van der Waals surface area contributed by atoms with Gasteiger partial charge in [0.1, 0.15) is 10.0 Å². The zero-order valence-electron chi connectivity index (χ0n) is 17.5. The summed E-state index contributed by atoms with van der Waals surface area (Å²) in [5.74, 6) is -2.12. The molecule has 2 aromatic heterocycles. The fraction of sp³-hybridized carbons (Fsp3) is 0.400. The molecular formula is C20H24N2O6S2. The minimum Gasteiger partial charge on any atom is -0.462 e. The van der Waals surface area contributed by atoms with E-state index in [4.69, 9.17) is 9.47 Å². The van der Waals surface area contributed by atoms with E-state index in [9.17, 15) is 19.2 Å². The van der Waals surface area contributed by atoms with E-state index < -0.39 is 24.5 Å². The van der Waals surface area contributed by atoms with Gasteiger partial charge in [-0.05, 0) is 38.8 Å². The van der Waals surface area contributed by atoms with Gasteiger partial charge in [-0.15, -0.1) is 22.7 Å². The van der Waals surface area contributed by atoms with Gasteiger partial charge in [-0.25, -0.2) is 9.59 Å². The van der Waals surface area contributed by atoms with Crippen LogP contribution in [0, 0.1) is 13.8 Å². The highest BCUT2D eigenvalue weighted by atomic mass is 32.1. The lowest BCUT2D eigenvalue weighted by Crippen LogP contribution is -2.22. The van der Waals surface area contributed by atoms with E-state index in [0.29, 0.717) is 22.0 Å². The molecule has 0 aliphatic carbocycles. The van der Waals surface area contributed by atoms with Gasteiger partial charge in [-0.3, -0.25) is 9.59 Å². The van der Waals surface area contributed by atoms with Gasteiger partial charge in [-0.2, -0.15) is 0 Å². The molecule has 0 radical (unpaired) electrons. The summed E-state index contributed by atoms with van der Waals surface area (Å²) in [6, 6.07) is 1.68. The molecule has 0 aliphatic rings. The van der Waals surface area contributed by atoms with E-state index in [2.05, 4.69) is 10.6 Å². The summed E-state index contributed by atoms with van der Waals surface area (Å²) in [5.41, 5.74) is 1.19. The second-order valence-electron chi connectivity index (χ2n) is 6.32. The predicted molar refractivity (Wildman–Crippen MR) is 117 cm³/mol. The Hall–Kier alpha value is -2.72. The molecule has 2 heterocycles. The number of ether oxygens (including phenoxy) is 2. The normalized spacial score (nSPS) is 10.4. The first kappa shape index (κ1) is 23.6. The number of hydrogen-bond donors (Lipinski definition) is 2. The summed E-state index contributed by atoms with van der Waals surface area (Å²) >= 11 is 2.54. The van der Waals surface area contributed by atoms with Crippen LogP contribution in [-0.2, 0) is 25.5 Å². The van der Waals surface area contributed by atoms with Crippen molar-refractivity contribution >= 4 is 56.4 Å². The van der Waals surface area contributed by atoms with Crippen molar-refractivity contribution in [2.45, 2.75) is 41.0 Å². The van der Waals surface area contributed by atoms with E-state index in [1.165, 1.54) is 29.6 Å². The molecule has 2 rings (SSSR count). The highest BCUT2D eigenvalue weighted by Crippen LogP contribution is 2.33. The molecule has 0 aromatic carbocycles. The summed E-state index contributed by atoms with van der Waals surface area (Å²) in [6.45, 7) is 8.24. The Morgan fingerprint density at radius 3 is 2.27 bits per heavy atom. The molecule has 2 amide bonds. The van der Waals surface area contributed by atoms with Gasteiger partial charge in [-0.1, -0.05) is 6.92 Å². The van der Waals surface area contributed by atoms with Gasteiger partial charge >= 0.3 is 11.9 Å². The van der Waals surface area contributed by atoms with Crippen molar-refractivity contribution in [1.82, 2.24) is 0 Å². The number of carbonyl (C=O) groups excluding carboxylic acids is 4. The first-order valence-corrected chi connectivity index (χ1v) is 11.0. The molecule has 0 atom stereocenters. The maximum absolute atomic E-state index is 12.5. The minimum absolute atomic E-state index is 0.219. The Morgan fingerprint density at radius 1 is 0.967 bits per heavy atom. The summed E-state index contributed by atoms with van der Waals surface area (Å²) < 4.78 is 10.2. The Labute approximate surface area is 182 Å². The van der Waals surface area contributed by atoms with Crippen LogP contribution in [0.15, 0.2) is 6.07 Å². The smallest absolute Gasteiger partial charge is 0.341 e. The van der Waals surface area contributed by atoms with E-state index in [-0.39, 0.29) is 23.6 Å². The number of hydrogen-bond acceptors (Lipinski definition) is 8. The Morgan fingerprint density at radius 2 is 1.67 bits per heavy atom. The van der Waals surface area contributed by atoms with E-state index >= 15 is 0 Å². The van der Waals surface area contributed by atoms with Crippen LogP contribution in [0.1, 0.15) is 56.8 Å². The number of anilines is 2. The molecule has 0 bridgehead atoms. The van der Waals surface area contributed by atoms with Gasteiger partial charge in [0.05, 0.1) is 17.7 Å². The summed E-state index contributed by atoms with van der Waals surface area (Å²) in [5, 5.41) is 5.97. The zero-order chi connectivity index (χ0) is 22.4. The van der Waals surface area contributed by atoms with Crippen molar-refractivity contribution in [3.05, 3.63) is 32.5 Å². The van der Waals surface area contributed by atoms with Gasteiger partial charge in [0, 0.05) is 16.7 Å². The number of amides is 2. The molecule has 2 aromatic rings. The van der Waals surface area contributed by atoms with Crippen LogP contribution in [0.25, 0.3) is 0 Å². The maximum Gasteiger partial charge on any atom is 0.341 e. The molecular weight excluding hydrogens is 428 g/mol. The molecule has 162 valence electrons. The Kier molecular flexibility index (Phi) is 8.13. The van der Waals surface area contributed by atoms with Crippen molar-refractivity contribution in [1.29, 1.82) is 0 Å². The third-order valence-corrected chi connectivity index (χ3v) is 6.41. The van der Waals surface area contributed by atoms with Crippen molar-refractivity contribution in [2.75, 3.05) is 23.8 Å². The highest BCUT2D eigenvalue weighted by Gasteiger charge is 2.23. The Bertz CT molecular complexity index is 976. The molecule has 2 N–H and O–H groups in total. The van der Waals surface area contributed by atoms with E-state index in [0.717, 1.165) is 9.75 Å². The second-order valence-corrected chi connectivity index (χ2v) is 8.68. The van der Waals surface area contributed by atoms with Crippen LogP contribution in [0.4, 0.5) is 10.0 Å². The quantitative estimate of drug-likeness (QED) is 0.588. The summed E-state index contributed by atoms with van der Waals surface area (Å²) in [7, 11) is 0. The highest BCUT2D eigenvalue weighted by molar-refractivity contribution is 7.17. The second kappa shape index (κ2) is 10.4. The number of esters is 2. The molecule has 30 heavy (non-hydrogen) atoms. The van der Waals surface area contributed by atoms with E-state index in [1.807, 2.05) is 13.8 Å². The molecule has 0 unspecified atom stereocenters. The molecule has 0 fully saturated rings. The standard InChI is InChI=1S/C20H24N2O6S2/c1-6-13-8-14(19(25)27-7-2)17(30-13)22-15(24)9-28-20(26)16-10(3)11(4)29-18(16)21-12(5)23/h8H,6-7,9H2,1-5H3,(H,21,23)(H,22,24). The summed E-state index contributed by atoms with van der Waals surface area (Å²) in [4.78, 5) is 50.1. The minimum atomic E-state index is -0.707. The third-order valence-electron chi connectivity index (χ3n) is 4.09. The molecule has 10 heteroatoms. The van der Waals surface area contributed by atoms with Crippen molar-refractivity contribution in [3.63, 3.8) is 0 Å². The van der Waals surface area contributed by atoms with Crippen LogP contribution in [0.2, 0.25) is 0 Å². The fourth-order valence-electron chi connectivity index (χ4n) is 2.56. The number of rotatable bonds is 8. The topological polar surface area (TPSA) is 111 Å². The molecule has 0 saturated carbocycles. The lowest BCUT2D eigenvalue weighted by Gasteiger charge is -2.08. The average molecular weight is 453 g/mol. The largest absolute Gasteiger partial charge is 0.462 e. The lowest BCUT2D eigenvalue weighted by molar-refractivity contribution is -0.119. The van der Waals surface area contributed by atoms with Gasteiger partial charge in [0.15, 0.2) is 6.61 Å². The first-order valence-electron chi connectivity index (χ1n) is 9.32. The van der Waals surface area contributed by atoms with Crippen molar-refractivity contribution < 1.29 is 28.7 Å². The average Bonchev–Trinajstić information content (AvgIpc) is 3.20. The molecule has 0 saturated heterocycles. The number of thiophene rings is 2. The molecule has 0 aliphatic heterocycles. The third kappa shape index (κ3) is 5.67. The SMILES string of the molecule is CCOC(=O)c1cc(CC)sc1NC(=O)COC(=O)c1c(NC(C)=O)sc(C)c1C. The monoisotopic (exact) mass is 452 g/mol. The van der Waals surface area contributed by atoms with Crippen molar-refractivity contribution in [3.8, 4) is 0 Å².